The maximum absolute atomic E-state index is 11.3. The molecule has 0 saturated carbocycles. The molecule has 0 bridgehead atoms. The molecule has 0 atom stereocenters. The van der Waals surface area contributed by atoms with Gasteiger partial charge >= 0.3 is 12.0 Å². The highest BCUT2D eigenvalue weighted by atomic mass is 16.5. The van der Waals surface area contributed by atoms with E-state index in [4.69, 9.17) is 9.84 Å². The van der Waals surface area contributed by atoms with E-state index in [1.165, 1.54) is 6.20 Å². The van der Waals surface area contributed by atoms with E-state index >= 15 is 0 Å². The monoisotopic (exact) mass is 278 g/mol. The molecule has 1 aromatic rings. The van der Waals surface area contributed by atoms with Gasteiger partial charge in [0.25, 0.3) is 0 Å². The number of amides is 2. The van der Waals surface area contributed by atoms with Crippen molar-refractivity contribution in [3.8, 4) is 5.75 Å². The molecular weight excluding hydrogens is 260 g/mol. The molecule has 0 radical (unpaired) electrons. The molecule has 0 fully saturated rings. The average molecular weight is 278 g/mol. The molecule has 1 aromatic carbocycles. The van der Waals surface area contributed by atoms with Crippen LogP contribution >= 0.6 is 0 Å². The van der Waals surface area contributed by atoms with Gasteiger partial charge in [-0.1, -0.05) is 12.1 Å². The molecule has 20 heavy (non-hydrogen) atoms. The second-order valence-electron chi connectivity index (χ2n) is 4.00. The first-order valence-electron chi connectivity index (χ1n) is 6.18. The molecule has 0 aliphatic heterocycles. The normalized spacial score (nSPS) is 10.2. The number of hydrogen-bond acceptors (Lipinski definition) is 3. The largest absolute Gasteiger partial charge is 0.497 e. The fraction of sp³-hybridized carbons (Fsp3) is 0.286. The summed E-state index contributed by atoms with van der Waals surface area (Å²) in [7, 11) is 1.60. The molecule has 108 valence electrons. The van der Waals surface area contributed by atoms with E-state index in [1.807, 2.05) is 24.3 Å². The van der Waals surface area contributed by atoms with E-state index in [-0.39, 0.29) is 12.5 Å². The Bertz CT molecular complexity index is 469. The number of benzene rings is 1. The van der Waals surface area contributed by atoms with Crippen molar-refractivity contribution in [3.63, 3.8) is 0 Å². The zero-order valence-corrected chi connectivity index (χ0v) is 11.3. The van der Waals surface area contributed by atoms with E-state index < -0.39 is 5.97 Å². The minimum atomic E-state index is -0.869. The molecular formula is C14H18N2O4. The first-order valence-corrected chi connectivity index (χ1v) is 6.18. The van der Waals surface area contributed by atoms with Gasteiger partial charge in [-0.05, 0) is 30.2 Å². The number of rotatable bonds is 7. The highest BCUT2D eigenvalue weighted by Gasteiger charge is 1.99. The third-order valence-electron chi connectivity index (χ3n) is 2.46. The minimum Gasteiger partial charge on any atom is -0.497 e. The van der Waals surface area contributed by atoms with E-state index in [1.54, 1.807) is 13.2 Å². The molecule has 0 aliphatic rings. The van der Waals surface area contributed by atoms with Gasteiger partial charge in [0.15, 0.2) is 0 Å². The van der Waals surface area contributed by atoms with E-state index in [0.29, 0.717) is 13.0 Å². The number of hydrogen-bond donors (Lipinski definition) is 3. The summed E-state index contributed by atoms with van der Waals surface area (Å²) < 4.78 is 5.04. The van der Waals surface area contributed by atoms with Gasteiger partial charge < -0.3 is 20.5 Å². The van der Waals surface area contributed by atoms with Crippen LogP contribution < -0.4 is 15.4 Å². The van der Waals surface area contributed by atoms with Crippen molar-refractivity contribution in [2.45, 2.75) is 12.8 Å². The maximum atomic E-state index is 11.3. The predicted molar refractivity (Wildman–Crippen MR) is 75.4 cm³/mol. The maximum Gasteiger partial charge on any atom is 0.318 e. The third kappa shape index (κ3) is 6.44. The predicted octanol–water partition coefficient (Wildman–Crippen LogP) is 1.83. The van der Waals surface area contributed by atoms with Gasteiger partial charge in [0, 0.05) is 19.2 Å². The van der Waals surface area contributed by atoms with Gasteiger partial charge in [-0.25, -0.2) is 4.79 Å². The Morgan fingerprint density at radius 2 is 2.00 bits per heavy atom. The fourth-order valence-electron chi connectivity index (χ4n) is 1.42. The number of ether oxygens (including phenoxy) is 1. The summed E-state index contributed by atoms with van der Waals surface area (Å²) in [6, 6.07) is 7.01. The second kappa shape index (κ2) is 8.58. The number of aliphatic carboxylic acids is 1. The SMILES string of the molecule is COc1ccc(/C=C/NC(=O)NCCCC(=O)O)cc1. The van der Waals surface area contributed by atoms with Crippen molar-refractivity contribution in [3.05, 3.63) is 36.0 Å². The van der Waals surface area contributed by atoms with Crippen molar-refractivity contribution < 1.29 is 19.4 Å². The number of carbonyl (C=O) groups is 2. The zero-order chi connectivity index (χ0) is 14.8. The summed E-state index contributed by atoms with van der Waals surface area (Å²) >= 11 is 0. The molecule has 0 spiro atoms. The number of nitrogens with one attached hydrogen (secondary N) is 2. The first-order chi connectivity index (χ1) is 9.61. The van der Waals surface area contributed by atoms with Crippen LogP contribution in [0.4, 0.5) is 4.79 Å². The summed E-state index contributed by atoms with van der Waals surface area (Å²) in [5, 5.41) is 13.5. The number of carbonyl (C=O) groups excluding carboxylic acids is 1. The third-order valence-corrected chi connectivity index (χ3v) is 2.46. The van der Waals surface area contributed by atoms with Crippen LogP contribution in [0.2, 0.25) is 0 Å². The molecule has 0 saturated heterocycles. The summed E-state index contributed by atoms with van der Waals surface area (Å²) in [6.07, 6.45) is 3.72. The second-order valence-corrected chi connectivity index (χ2v) is 4.00. The van der Waals surface area contributed by atoms with Crippen molar-refractivity contribution >= 4 is 18.1 Å². The lowest BCUT2D eigenvalue weighted by Crippen LogP contribution is -2.32. The van der Waals surface area contributed by atoms with E-state index in [0.717, 1.165) is 11.3 Å². The van der Waals surface area contributed by atoms with Crippen LogP contribution in [0.1, 0.15) is 18.4 Å². The molecule has 3 N–H and O–H groups in total. The molecule has 0 unspecified atom stereocenters. The van der Waals surface area contributed by atoms with Crippen molar-refractivity contribution in [1.82, 2.24) is 10.6 Å². The van der Waals surface area contributed by atoms with Crippen LogP contribution in [0.3, 0.4) is 0 Å². The van der Waals surface area contributed by atoms with E-state index in [2.05, 4.69) is 10.6 Å². The van der Waals surface area contributed by atoms with Gasteiger partial charge in [-0.15, -0.1) is 0 Å². The number of methoxy groups -OCH3 is 1. The zero-order valence-electron chi connectivity index (χ0n) is 11.3. The lowest BCUT2D eigenvalue weighted by atomic mass is 10.2. The van der Waals surface area contributed by atoms with Gasteiger partial charge in [-0.3, -0.25) is 4.79 Å². The van der Waals surface area contributed by atoms with Gasteiger partial charge in [0.05, 0.1) is 7.11 Å². The smallest absolute Gasteiger partial charge is 0.318 e. The molecule has 0 aromatic heterocycles. The van der Waals surface area contributed by atoms with Crippen molar-refractivity contribution in [2.75, 3.05) is 13.7 Å². The molecule has 2 amide bonds. The molecule has 0 heterocycles. The Labute approximate surface area is 117 Å². The summed E-state index contributed by atoms with van der Waals surface area (Å²) in [6.45, 7) is 0.328. The quantitative estimate of drug-likeness (QED) is 0.664. The summed E-state index contributed by atoms with van der Waals surface area (Å²) in [4.78, 5) is 21.6. The molecule has 6 heteroatoms. The summed E-state index contributed by atoms with van der Waals surface area (Å²) in [5.41, 5.74) is 0.928. The van der Waals surface area contributed by atoms with Crippen LogP contribution in [0, 0.1) is 0 Å². The number of urea groups is 1. The van der Waals surface area contributed by atoms with Crippen molar-refractivity contribution in [2.24, 2.45) is 0 Å². The molecule has 0 aliphatic carbocycles. The Hall–Kier alpha value is -2.50. The Kier molecular flexibility index (Phi) is 6.67. The van der Waals surface area contributed by atoms with Gasteiger partial charge in [-0.2, -0.15) is 0 Å². The average Bonchev–Trinajstić information content (AvgIpc) is 2.44. The van der Waals surface area contributed by atoms with Crippen molar-refractivity contribution in [1.29, 1.82) is 0 Å². The van der Waals surface area contributed by atoms with E-state index in [9.17, 15) is 9.59 Å². The van der Waals surface area contributed by atoms with Crippen LogP contribution in [-0.4, -0.2) is 30.8 Å². The lowest BCUT2D eigenvalue weighted by Gasteiger charge is -2.03. The van der Waals surface area contributed by atoms with Crippen LogP contribution in [0.5, 0.6) is 5.75 Å². The Morgan fingerprint density at radius 3 is 2.60 bits per heavy atom. The standard InChI is InChI=1S/C14H18N2O4/c1-20-12-6-4-11(5-7-12)8-10-16-14(19)15-9-2-3-13(17)18/h4-8,10H,2-3,9H2,1H3,(H,17,18)(H2,15,16,19)/b10-8+. The van der Waals surface area contributed by atoms with Crippen LogP contribution in [0.25, 0.3) is 6.08 Å². The number of carboxylic acid groups (broad SMARTS) is 1. The first kappa shape index (κ1) is 15.6. The topological polar surface area (TPSA) is 87.7 Å². The Balaban J connectivity index is 2.25. The lowest BCUT2D eigenvalue weighted by molar-refractivity contribution is -0.137. The molecule has 1 rings (SSSR count). The highest BCUT2D eigenvalue weighted by Crippen LogP contribution is 2.11. The minimum absolute atomic E-state index is 0.0436. The molecule has 6 nitrogen and oxygen atoms in total. The van der Waals surface area contributed by atoms with Crippen LogP contribution in [0.15, 0.2) is 30.5 Å². The Morgan fingerprint density at radius 1 is 1.30 bits per heavy atom. The van der Waals surface area contributed by atoms with Gasteiger partial charge in [0.2, 0.25) is 0 Å². The van der Waals surface area contributed by atoms with Crippen LogP contribution in [-0.2, 0) is 4.79 Å². The van der Waals surface area contributed by atoms with Gasteiger partial charge in [0.1, 0.15) is 5.75 Å². The number of carboxylic acids is 1. The highest BCUT2D eigenvalue weighted by molar-refractivity contribution is 5.76. The summed E-state index contributed by atoms with van der Waals surface area (Å²) in [5.74, 6) is -0.0992. The fourth-order valence-corrected chi connectivity index (χ4v) is 1.42.